The van der Waals surface area contributed by atoms with Crippen molar-refractivity contribution in [1.29, 1.82) is 0 Å². The Balaban J connectivity index is 2.34. The van der Waals surface area contributed by atoms with E-state index in [2.05, 4.69) is 36.3 Å². The summed E-state index contributed by atoms with van der Waals surface area (Å²) in [4.78, 5) is 5.86. The van der Waals surface area contributed by atoms with Crippen LogP contribution in [-0.2, 0) is 0 Å². The molecular formula is C12H18N4S2. The molecule has 0 radical (unpaired) electrons. The molecule has 1 N–H and O–H groups in total. The van der Waals surface area contributed by atoms with Crippen LogP contribution < -0.4 is 5.32 Å². The average molecular weight is 282 g/mol. The van der Waals surface area contributed by atoms with E-state index in [1.165, 1.54) is 5.01 Å². The first kappa shape index (κ1) is 13.4. The molecule has 0 amide bonds. The smallest absolute Gasteiger partial charge is 0.205 e. The van der Waals surface area contributed by atoms with E-state index in [0.717, 1.165) is 33.6 Å². The maximum absolute atomic E-state index is 4.70. The maximum atomic E-state index is 4.70. The van der Waals surface area contributed by atoms with Gasteiger partial charge in [-0.1, -0.05) is 25.2 Å². The van der Waals surface area contributed by atoms with Crippen LogP contribution in [0.25, 0.3) is 9.88 Å². The lowest BCUT2D eigenvalue weighted by molar-refractivity contribution is 0.636. The summed E-state index contributed by atoms with van der Waals surface area (Å²) in [5.74, 6) is 0.569. The van der Waals surface area contributed by atoms with Crippen molar-refractivity contribution >= 4 is 27.8 Å². The molecule has 0 aromatic carbocycles. The average Bonchev–Trinajstić information content (AvgIpc) is 2.97. The van der Waals surface area contributed by atoms with Crippen molar-refractivity contribution in [3.05, 3.63) is 10.7 Å². The van der Waals surface area contributed by atoms with E-state index in [1.807, 2.05) is 7.05 Å². The number of hydrogen-bond donors (Lipinski definition) is 1. The van der Waals surface area contributed by atoms with Gasteiger partial charge in [0.2, 0.25) is 5.13 Å². The number of nitrogens with one attached hydrogen (secondary N) is 1. The summed E-state index contributed by atoms with van der Waals surface area (Å²) in [6.07, 6.45) is 2.28. The zero-order valence-electron chi connectivity index (χ0n) is 11.1. The Bertz CT molecular complexity index is 514. The minimum absolute atomic E-state index is 0.569. The maximum Gasteiger partial charge on any atom is 0.205 e. The number of aromatic nitrogens is 3. The molecule has 2 aromatic heterocycles. The van der Waals surface area contributed by atoms with E-state index in [-0.39, 0.29) is 0 Å². The van der Waals surface area contributed by atoms with E-state index in [1.54, 1.807) is 22.7 Å². The minimum Gasteiger partial charge on any atom is -0.363 e. The van der Waals surface area contributed by atoms with Crippen LogP contribution in [0.4, 0.5) is 5.13 Å². The summed E-state index contributed by atoms with van der Waals surface area (Å²) in [6.45, 7) is 6.49. The van der Waals surface area contributed by atoms with Crippen molar-refractivity contribution in [2.24, 2.45) is 0 Å². The molecule has 18 heavy (non-hydrogen) atoms. The first-order valence-electron chi connectivity index (χ1n) is 6.18. The minimum atomic E-state index is 0.569. The van der Waals surface area contributed by atoms with Gasteiger partial charge in [-0.2, -0.15) is 0 Å². The second-order valence-corrected chi connectivity index (χ2v) is 6.15. The van der Waals surface area contributed by atoms with Crippen molar-refractivity contribution < 1.29 is 0 Å². The predicted octanol–water partition coefficient (Wildman–Crippen LogP) is 3.92. The molecule has 0 aliphatic heterocycles. The molecule has 0 spiro atoms. The van der Waals surface area contributed by atoms with Crippen LogP contribution in [0.15, 0.2) is 0 Å². The third kappa shape index (κ3) is 2.54. The van der Waals surface area contributed by atoms with Crippen molar-refractivity contribution in [3.8, 4) is 9.88 Å². The van der Waals surface area contributed by atoms with Crippen LogP contribution in [0, 0.1) is 6.92 Å². The second-order valence-electron chi connectivity index (χ2n) is 4.14. The highest BCUT2D eigenvalue weighted by atomic mass is 32.1. The molecule has 6 heteroatoms. The van der Waals surface area contributed by atoms with E-state index >= 15 is 0 Å². The van der Waals surface area contributed by atoms with Gasteiger partial charge in [-0.3, -0.25) is 0 Å². The molecule has 0 saturated heterocycles. The molecule has 2 rings (SSSR count). The summed E-state index contributed by atoms with van der Waals surface area (Å²) < 4.78 is 0. The van der Waals surface area contributed by atoms with Crippen LogP contribution in [0.1, 0.15) is 43.3 Å². The standard InChI is InChI=1S/C12H18N4S2/c1-5-8(6-2)10-14-7(3)9(17-10)11-15-16-12(13-4)18-11/h8H,5-6H2,1-4H3,(H,13,16). The number of aryl methyl sites for hydroxylation is 1. The molecule has 0 unspecified atom stereocenters. The van der Waals surface area contributed by atoms with Crippen LogP contribution >= 0.6 is 22.7 Å². The third-order valence-electron chi connectivity index (χ3n) is 2.98. The van der Waals surface area contributed by atoms with E-state index < -0.39 is 0 Å². The fraction of sp³-hybridized carbons (Fsp3) is 0.583. The fourth-order valence-corrected chi connectivity index (χ4v) is 4.00. The number of hydrogen-bond acceptors (Lipinski definition) is 6. The molecular weight excluding hydrogens is 264 g/mol. The normalized spacial score (nSPS) is 11.2. The largest absolute Gasteiger partial charge is 0.363 e. The highest BCUT2D eigenvalue weighted by Crippen LogP contribution is 2.37. The van der Waals surface area contributed by atoms with Gasteiger partial charge in [0, 0.05) is 13.0 Å². The van der Waals surface area contributed by atoms with Crippen molar-refractivity contribution in [2.75, 3.05) is 12.4 Å². The molecule has 0 aliphatic carbocycles. The van der Waals surface area contributed by atoms with Gasteiger partial charge in [0.15, 0.2) is 5.01 Å². The van der Waals surface area contributed by atoms with Crippen molar-refractivity contribution in [1.82, 2.24) is 15.2 Å². The van der Waals surface area contributed by atoms with Gasteiger partial charge in [-0.25, -0.2) is 4.98 Å². The van der Waals surface area contributed by atoms with E-state index in [9.17, 15) is 0 Å². The Morgan fingerprint density at radius 3 is 2.44 bits per heavy atom. The molecule has 0 fully saturated rings. The zero-order chi connectivity index (χ0) is 13.1. The first-order valence-corrected chi connectivity index (χ1v) is 7.81. The lowest BCUT2D eigenvalue weighted by atomic mass is 10.1. The van der Waals surface area contributed by atoms with Gasteiger partial charge in [0.1, 0.15) is 0 Å². The van der Waals surface area contributed by atoms with Crippen molar-refractivity contribution in [2.45, 2.75) is 39.5 Å². The zero-order valence-corrected chi connectivity index (χ0v) is 12.8. The Morgan fingerprint density at radius 2 is 1.89 bits per heavy atom. The quantitative estimate of drug-likeness (QED) is 0.903. The predicted molar refractivity (Wildman–Crippen MR) is 78.6 cm³/mol. The van der Waals surface area contributed by atoms with Gasteiger partial charge in [0.25, 0.3) is 0 Å². The SMILES string of the molecule is CCC(CC)c1nc(C)c(-c2nnc(NC)s2)s1. The van der Waals surface area contributed by atoms with E-state index in [4.69, 9.17) is 4.98 Å². The van der Waals surface area contributed by atoms with Crippen LogP contribution in [0.5, 0.6) is 0 Å². The fourth-order valence-electron chi connectivity index (χ4n) is 1.84. The number of nitrogens with zero attached hydrogens (tertiary/aromatic N) is 3. The molecule has 0 atom stereocenters. The van der Waals surface area contributed by atoms with Gasteiger partial charge >= 0.3 is 0 Å². The molecule has 4 nitrogen and oxygen atoms in total. The third-order valence-corrected chi connectivity index (χ3v) is 5.40. The molecule has 0 saturated carbocycles. The number of rotatable bonds is 5. The van der Waals surface area contributed by atoms with Gasteiger partial charge in [0.05, 0.1) is 15.6 Å². The van der Waals surface area contributed by atoms with Gasteiger partial charge in [-0.15, -0.1) is 21.5 Å². The van der Waals surface area contributed by atoms with Crippen LogP contribution in [-0.4, -0.2) is 22.2 Å². The summed E-state index contributed by atoms with van der Waals surface area (Å²) in [5.41, 5.74) is 1.07. The highest BCUT2D eigenvalue weighted by molar-refractivity contribution is 7.23. The monoisotopic (exact) mass is 282 g/mol. The van der Waals surface area contributed by atoms with Gasteiger partial charge in [-0.05, 0) is 19.8 Å². The Morgan fingerprint density at radius 1 is 1.17 bits per heavy atom. The van der Waals surface area contributed by atoms with Crippen molar-refractivity contribution in [3.63, 3.8) is 0 Å². The second kappa shape index (κ2) is 5.75. The molecule has 2 aromatic rings. The molecule has 0 aliphatic rings. The summed E-state index contributed by atoms with van der Waals surface area (Å²) in [5, 5.41) is 14.4. The lowest BCUT2D eigenvalue weighted by Crippen LogP contribution is -1.93. The Kier molecular flexibility index (Phi) is 4.29. The van der Waals surface area contributed by atoms with Crippen LogP contribution in [0.2, 0.25) is 0 Å². The Hall–Kier alpha value is -1.01. The van der Waals surface area contributed by atoms with Gasteiger partial charge < -0.3 is 5.32 Å². The molecule has 0 bridgehead atoms. The Labute approximate surface area is 116 Å². The number of anilines is 1. The lowest BCUT2D eigenvalue weighted by Gasteiger charge is -2.06. The topological polar surface area (TPSA) is 50.7 Å². The summed E-state index contributed by atoms with van der Waals surface area (Å²) >= 11 is 3.34. The number of thiazole rings is 1. The first-order chi connectivity index (χ1) is 8.69. The van der Waals surface area contributed by atoms with E-state index in [0.29, 0.717) is 5.92 Å². The molecule has 2 heterocycles. The molecule has 98 valence electrons. The highest BCUT2D eigenvalue weighted by Gasteiger charge is 2.18. The van der Waals surface area contributed by atoms with Crippen LogP contribution in [0.3, 0.4) is 0 Å². The summed E-state index contributed by atoms with van der Waals surface area (Å²) in [7, 11) is 1.86. The summed E-state index contributed by atoms with van der Waals surface area (Å²) in [6, 6.07) is 0.